The number of fused-ring (bicyclic) bond motifs is 1. The first-order chi connectivity index (χ1) is 16.7. The van der Waals surface area contributed by atoms with E-state index in [1.165, 1.54) is 18.4 Å². The van der Waals surface area contributed by atoms with Crippen LogP contribution >= 0.6 is 11.6 Å². The average molecular weight is 496 g/mol. The number of hydrogen-bond donors (Lipinski definition) is 2. The van der Waals surface area contributed by atoms with Gasteiger partial charge in [0.05, 0.1) is 11.7 Å². The molecule has 0 unspecified atom stereocenters. The first-order valence-corrected chi connectivity index (χ1v) is 13.0. The molecular weight excluding hydrogens is 458 g/mol. The number of aromatic amines is 1. The van der Waals surface area contributed by atoms with Gasteiger partial charge >= 0.3 is 0 Å². The molecule has 6 nitrogen and oxygen atoms in total. The number of nitrogens with one attached hydrogen (secondary N) is 2. The van der Waals surface area contributed by atoms with Gasteiger partial charge in [0.25, 0.3) is 5.91 Å². The van der Waals surface area contributed by atoms with Crippen LogP contribution in [0, 0.1) is 20.8 Å². The van der Waals surface area contributed by atoms with Crippen molar-refractivity contribution in [2.24, 2.45) is 0 Å². The molecule has 7 heteroatoms. The standard InChI is InChI=1S/C28H38ClN5O/c1-7-34(22-10-8-21(9-11-22)33(5)6)26-14-20(29)13-23(19(26)4)28(35)30-15-24-17(2)12-18(3)25-16-31-32-27(24)25/h12-14,16,21-22H,7-11,15H2,1-6H3,(H,30,35)(H,31,32)/t21-,22-. The monoisotopic (exact) mass is 495 g/mol. The third kappa shape index (κ3) is 5.19. The number of amides is 1. The molecule has 3 aromatic rings. The van der Waals surface area contributed by atoms with Crippen molar-refractivity contribution >= 4 is 34.1 Å². The highest BCUT2D eigenvalue weighted by Gasteiger charge is 2.28. The second kappa shape index (κ2) is 10.6. The number of H-pyrrole nitrogens is 1. The third-order valence-electron chi connectivity index (χ3n) is 7.78. The van der Waals surface area contributed by atoms with E-state index in [1.54, 1.807) is 6.07 Å². The van der Waals surface area contributed by atoms with E-state index in [2.05, 4.69) is 66.2 Å². The normalized spacial score (nSPS) is 18.3. The van der Waals surface area contributed by atoms with Crippen LogP contribution < -0.4 is 10.2 Å². The zero-order chi connectivity index (χ0) is 25.3. The van der Waals surface area contributed by atoms with Crippen LogP contribution in [0.15, 0.2) is 24.4 Å². The van der Waals surface area contributed by atoms with Crippen molar-refractivity contribution in [2.45, 2.75) is 72.0 Å². The van der Waals surface area contributed by atoms with Crippen molar-refractivity contribution in [2.75, 3.05) is 25.5 Å². The number of nitrogens with zero attached hydrogens (tertiary/aromatic N) is 3. The molecule has 2 N–H and O–H groups in total. The first kappa shape index (κ1) is 25.5. The quantitative estimate of drug-likeness (QED) is 0.436. The molecule has 1 aromatic heterocycles. The zero-order valence-electron chi connectivity index (χ0n) is 21.8. The number of aromatic nitrogens is 2. The second-order valence-corrected chi connectivity index (χ2v) is 10.6. The van der Waals surface area contributed by atoms with Crippen LogP contribution in [-0.4, -0.2) is 53.7 Å². The maximum absolute atomic E-state index is 13.4. The van der Waals surface area contributed by atoms with E-state index in [9.17, 15) is 4.79 Å². The lowest BCUT2D eigenvalue weighted by Gasteiger charge is -2.40. The predicted octanol–water partition coefficient (Wildman–Crippen LogP) is 5.77. The maximum Gasteiger partial charge on any atom is 0.251 e. The maximum atomic E-state index is 13.4. The van der Waals surface area contributed by atoms with E-state index in [0.717, 1.165) is 52.7 Å². The summed E-state index contributed by atoms with van der Waals surface area (Å²) in [5, 5.41) is 12.1. The van der Waals surface area contributed by atoms with Gasteiger partial charge in [-0.2, -0.15) is 5.10 Å². The number of halogens is 1. The summed E-state index contributed by atoms with van der Waals surface area (Å²) >= 11 is 6.57. The molecule has 1 aliphatic rings. The lowest BCUT2D eigenvalue weighted by atomic mass is 9.89. The van der Waals surface area contributed by atoms with Gasteiger partial charge in [-0.3, -0.25) is 9.89 Å². The fourth-order valence-electron chi connectivity index (χ4n) is 5.70. The summed E-state index contributed by atoms with van der Waals surface area (Å²) in [6.45, 7) is 9.70. The number of aryl methyl sites for hydroxylation is 2. The Labute approximate surface area is 214 Å². The van der Waals surface area contributed by atoms with Crippen LogP contribution in [0.4, 0.5) is 5.69 Å². The molecule has 0 bridgehead atoms. The van der Waals surface area contributed by atoms with Gasteiger partial charge in [0.1, 0.15) is 0 Å². The molecule has 1 fully saturated rings. The van der Waals surface area contributed by atoms with Gasteiger partial charge in [0.2, 0.25) is 0 Å². The van der Waals surface area contributed by atoms with Crippen molar-refractivity contribution in [1.82, 2.24) is 20.4 Å². The van der Waals surface area contributed by atoms with Crippen LogP contribution in [-0.2, 0) is 6.54 Å². The lowest BCUT2D eigenvalue weighted by molar-refractivity contribution is 0.0950. The Morgan fingerprint density at radius 3 is 2.43 bits per heavy atom. The molecule has 0 saturated heterocycles. The van der Waals surface area contributed by atoms with Crippen LogP contribution in [0.25, 0.3) is 10.9 Å². The Hall–Kier alpha value is -2.57. The summed E-state index contributed by atoms with van der Waals surface area (Å²) < 4.78 is 0. The molecule has 0 aliphatic heterocycles. The molecule has 4 rings (SSSR count). The van der Waals surface area contributed by atoms with Crippen molar-refractivity contribution in [3.05, 3.63) is 57.2 Å². The van der Waals surface area contributed by atoms with Crippen LogP contribution in [0.3, 0.4) is 0 Å². The van der Waals surface area contributed by atoms with Gasteiger partial charge < -0.3 is 15.1 Å². The molecule has 0 radical (unpaired) electrons. The number of carbonyl (C=O) groups excluding carboxylic acids is 1. The lowest BCUT2D eigenvalue weighted by Crippen LogP contribution is -2.42. The highest BCUT2D eigenvalue weighted by molar-refractivity contribution is 6.31. The predicted molar refractivity (Wildman–Crippen MR) is 146 cm³/mol. The Morgan fingerprint density at radius 2 is 1.77 bits per heavy atom. The van der Waals surface area contributed by atoms with Crippen LogP contribution in [0.1, 0.15) is 65.2 Å². The molecular formula is C28H38ClN5O. The summed E-state index contributed by atoms with van der Waals surface area (Å²) in [6.07, 6.45) is 6.53. The fourth-order valence-corrected chi connectivity index (χ4v) is 5.92. The minimum absolute atomic E-state index is 0.105. The van der Waals surface area contributed by atoms with E-state index >= 15 is 0 Å². The smallest absolute Gasteiger partial charge is 0.251 e. The van der Waals surface area contributed by atoms with Crippen LogP contribution in [0.2, 0.25) is 5.02 Å². The van der Waals surface area contributed by atoms with Gasteiger partial charge in [0.15, 0.2) is 0 Å². The zero-order valence-corrected chi connectivity index (χ0v) is 22.6. The van der Waals surface area contributed by atoms with Crippen LogP contribution in [0.5, 0.6) is 0 Å². The van der Waals surface area contributed by atoms with Crippen molar-refractivity contribution in [3.63, 3.8) is 0 Å². The number of benzene rings is 2. The Bertz CT molecular complexity index is 1210. The SMILES string of the molecule is CCN(c1cc(Cl)cc(C(=O)NCc2c(C)cc(C)c3cn[nH]c23)c1C)[C@H]1CC[C@H](N(C)C)CC1. The topological polar surface area (TPSA) is 64.3 Å². The molecule has 35 heavy (non-hydrogen) atoms. The third-order valence-corrected chi connectivity index (χ3v) is 8.00. The van der Waals surface area contributed by atoms with E-state index < -0.39 is 0 Å². The molecule has 188 valence electrons. The molecule has 1 saturated carbocycles. The summed E-state index contributed by atoms with van der Waals surface area (Å²) in [6, 6.07) is 7.08. The Morgan fingerprint density at radius 1 is 1.09 bits per heavy atom. The van der Waals surface area contributed by atoms with Gasteiger partial charge in [0, 0.05) is 46.8 Å². The molecule has 2 aromatic carbocycles. The summed E-state index contributed by atoms with van der Waals surface area (Å²) in [4.78, 5) is 18.2. The number of rotatable bonds is 7. The van der Waals surface area contributed by atoms with Crippen molar-refractivity contribution in [3.8, 4) is 0 Å². The van der Waals surface area contributed by atoms with E-state index in [1.807, 2.05) is 19.2 Å². The highest BCUT2D eigenvalue weighted by atomic mass is 35.5. The van der Waals surface area contributed by atoms with Gasteiger partial charge in [-0.05, 0) is 102 Å². The summed E-state index contributed by atoms with van der Waals surface area (Å²) in [7, 11) is 4.34. The largest absolute Gasteiger partial charge is 0.369 e. The molecule has 1 amide bonds. The Balaban J connectivity index is 1.56. The molecule has 0 atom stereocenters. The molecule has 1 aliphatic carbocycles. The van der Waals surface area contributed by atoms with Gasteiger partial charge in [-0.1, -0.05) is 17.7 Å². The molecule has 0 spiro atoms. The number of anilines is 1. The Kier molecular flexibility index (Phi) is 7.72. The summed E-state index contributed by atoms with van der Waals surface area (Å²) in [5.41, 5.74) is 7.04. The summed E-state index contributed by atoms with van der Waals surface area (Å²) in [5.74, 6) is -0.105. The van der Waals surface area contributed by atoms with Gasteiger partial charge in [-0.15, -0.1) is 0 Å². The number of carbonyl (C=O) groups is 1. The fraction of sp³-hybridized carbons (Fsp3) is 0.500. The van der Waals surface area contributed by atoms with E-state index in [4.69, 9.17) is 11.6 Å². The van der Waals surface area contributed by atoms with Crippen molar-refractivity contribution < 1.29 is 4.79 Å². The second-order valence-electron chi connectivity index (χ2n) is 10.1. The first-order valence-electron chi connectivity index (χ1n) is 12.6. The average Bonchev–Trinajstić information content (AvgIpc) is 3.32. The highest BCUT2D eigenvalue weighted by Crippen LogP contribution is 2.34. The van der Waals surface area contributed by atoms with E-state index in [-0.39, 0.29) is 5.91 Å². The van der Waals surface area contributed by atoms with E-state index in [0.29, 0.717) is 29.2 Å². The molecule has 1 heterocycles. The minimum Gasteiger partial charge on any atom is -0.369 e. The number of hydrogen-bond acceptors (Lipinski definition) is 4. The van der Waals surface area contributed by atoms with Crippen molar-refractivity contribution in [1.29, 1.82) is 0 Å². The van der Waals surface area contributed by atoms with Gasteiger partial charge in [-0.25, -0.2) is 0 Å². The minimum atomic E-state index is -0.105.